The largest absolute Gasteiger partial charge is 0.291 e. The quantitative estimate of drug-likeness (QED) is 0.543. The van der Waals surface area contributed by atoms with Crippen molar-refractivity contribution in [2.45, 2.75) is 26.3 Å². The van der Waals surface area contributed by atoms with Crippen LogP contribution in [0.3, 0.4) is 0 Å². The molecule has 0 atom stereocenters. The van der Waals surface area contributed by atoms with E-state index in [-0.39, 0.29) is 5.78 Å². The Kier molecular flexibility index (Phi) is 2.01. The van der Waals surface area contributed by atoms with Crippen molar-refractivity contribution in [1.82, 2.24) is 0 Å². The van der Waals surface area contributed by atoms with Crippen LogP contribution in [0.1, 0.15) is 20.8 Å². The molecule has 12 heavy (non-hydrogen) atoms. The molecule has 1 aliphatic heterocycles. The number of nitrogens with zero attached hydrogens (tertiary/aromatic N) is 1. The van der Waals surface area contributed by atoms with E-state index in [1.807, 2.05) is 20.8 Å². The van der Waals surface area contributed by atoms with Gasteiger partial charge in [0.15, 0.2) is 5.78 Å². The topological polar surface area (TPSA) is 29.4 Å². The van der Waals surface area contributed by atoms with E-state index >= 15 is 0 Å². The standard InChI is InChI=1S/C10H13NO/c1-5-7-8(6-2)11-10(3,4)9(7)12/h5-6H,2H2,1,3-4H3/b7-5+. The Morgan fingerprint density at radius 3 is 2.42 bits per heavy atom. The van der Waals surface area contributed by atoms with E-state index in [1.54, 1.807) is 12.2 Å². The van der Waals surface area contributed by atoms with Gasteiger partial charge in [0.05, 0.1) is 5.71 Å². The number of hydrogen-bond donors (Lipinski definition) is 0. The molecule has 64 valence electrons. The zero-order chi connectivity index (χ0) is 9.35. The first-order valence-corrected chi connectivity index (χ1v) is 3.96. The lowest BCUT2D eigenvalue weighted by atomic mass is 9.96. The molecule has 0 saturated carbocycles. The molecular weight excluding hydrogens is 150 g/mol. The fourth-order valence-corrected chi connectivity index (χ4v) is 1.29. The third-order valence-corrected chi connectivity index (χ3v) is 1.96. The molecule has 0 saturated heterocycles. The van der Waals surface area contributed by atoms with Crippen LogP contribution in [-0.4, -0.2) is 17.0 Å². The van der Waals surface area contributed by atoms with Gasteiger partial charge in [0.1, 0.15) is 5.54 Å². The van der Waals surface area contributed by atoms with Crippen molar-refractivity contribution in [1.29, 1.82) is 0 Å². The van der Waals surface area contributed by atoms with Crippen molar-refractivity contribution in [2.75, 3.05) is 0 Å². The van der Waals surface area contributed by atoms with Gasteiger partial charge in [-0.2, -0.15) is 0 Å². The molecule has 0 aromatic carbocycles. The van der Waals surface area contributed by atoms with Crippen LogP contribution in [-0.2, 0) is 4.79 Å². The van der Waals surface area contributed by atoms with Crippen LogP contribution in [0, 0.1) is 0 Å². The van der Waals surface area contributed by atoms with Gasteiger partial charge in [-0.1, -0.05) is 12.7 Å². The summed E-state index contributed by atoms with van der Waals surface area (Å²) in [6, 6.07) is 0. The van der Waals surface area contributed by atoms with Gasteiger partial charge in [-0.25, -0.2) is 0 Å². The molecule has 0 fully saturated rings. The highest BCUT2D eigenvalue weighted by atomic mass is 16.1. The Hall–Kier alpha value is -1.18. The maximum absolute atomic E-state index is 11.6. The van der Waals surface area contributed by atoms with Gasteiger partial charge < -0.3 is 0 Å². The van der Waals surface area contributed by atoms with Crippen molar-refractivity contribution < 1.29 is 4.79 Å². The highest BCUT2D eigenvalue weighted by Crippen LogP contribution is 2.25. The summed E-state index contributed by atoms with van der Waals surface area (Å²) < 4.78 is 0. The summed E-state index contributed by atoms with van der Waals surface area (Å²) >= 11 is 0. The number of carbonyl (C=O) groups excluding carboxylic acids is 1. The van der Waals surface area contributed by atoms with Gasteiger partial charge in [-0.05, 0) is 26.8 Å². The fraction of sp³-hybridized carbons (Fsp3) is 0.400. The lowest BCUT2D eigenvalue weighted by Crippen LogP contribution is -2.25. The monoisotopic (exact) mass is 163 g/mol. The average molecular weight is 163 g/mol. The van der Waals surface area contributed by atoms with Crippen LogP contribution in [0.4, 0.5) is 0 Å². The fourth-order valence-electron chi connectivity index (χ4n) is 1.29. The third-order valence-electron chi connectivity index (χ3n) is 1.96. The summed E-state index contributed by atoms with van der Waals surface area (Å²) in [5.41, 5.74) is 0.813. The van der Waals surface area contributed by atoms with E-state index in [2.05, 4.69) is 11.6 Å². The second kappa shape index (κ2) is 2.70. The van der Waals surface area contributed by atoms with Crippen LogP contribution >= 0.6 is 0 Å². The third kappa shape index (κ3) is 1.13. The molecule has 1 aliphatic rings. The molecule has 0 N–H and O–H groups in total. The minimum absolute atomic E-state index is 0.0832. The predicted octanol–water partition coefficient (Wildman–Crippen LogP) is 1.92. The van der Waals surface area contributed by atoms with Crippen LogP contribution < -0.4 is 0 Å². The number of hydrogen-bond acceptors (Lipinski definition) is 2. The van der Waals surface area contributed by atoms with Gasteiger partial charge in [-0.15, -0.1) is 0 Å². The highest BCUT2D eigenvalue weighted by Gasteiger charge is 2.36. The summed E-state index contributed by atoms with van der Waals surface area (Å²) in [6.45, 7) is 9.09. The molecular formula is C10H13NO. The Bertz CT molecular complexity index is 295. The predicted molar refractivity (Wildman–Crippen MR) is 50.5 cm³/mol. The van der Waals surface area contributed by atoms with E-state index < -0.39 is 5.54 Å². The molecule has 2 nitrogen and oxygen atoms in total. The Morgan fingerprint density at radius 2 is 2.08 bits per heavy atom. The van der Waals surface area contributed by atoms with Gasteiger partial charge in [0, 0.05) is 5.57 Å². The van der Waals surface area contributed by atoms with Gasteiger partial charge in [0.2, 0.25) is 0 Å². The van der Waals surface area contributed by atoms with Gasteiger partial charge >= 0.3 is 0 Å². The normalized spacial score (nSPS) is 24.4. The van der Waals surface area contributed by atoms with Gasteiger partial charge in [-0.3, -0.25) is 9.79 Å². The first-order chi connectivity index (χ1) is 5.53. The zero-order valence-electron chi connectivity index (χ0n) is 7.72. The Morgan fingerprint density at radius 1 is 1.50 bits per heavy atom. The number of rotatable bonds is 1. The average Bonchev–Trinajstić information content (AvgIpc) is 2.24. The number of Topliss-reactive ketones (excluding diaryl/α,β-unsaturated/α-hetero) is 1. The first-order valence-electron chi connectivity index (χ1n) is 3.96. The van der Waals surface area contributed by atoms with Crippen molar-refractivity contribution in [3.8, 4) is 0 Å². The highest BCUT2D eigenvalue weighted by molar-refractivity contribution is 6.32. The molecule has 1 rings (SSSR count). The first kappa shape index (κ1) is 8.91. The van der Waals surface area contributed by atoms with E-state index in [0.717, 1.165) is 0 Å². The molecule has 0 bridgehead atoms. The second-order valence-corrected chi connectivity index (χ2v) is 3.29. The van der Waals surface area contributed by atoms with E-state index in [4.69, 9.17) is 0 Å². The SMILES string of the molecule is C=CC1=NC(C)(C)C(=O)/C1=C/C. The molecule has 0 radical (unpaired) electrons. The lowest BCUT2D eigenvalue weighted by molar-refractivity contribution is -0.118. The summed E-state index contributed by atoms with van der Waals surface area (Å²) in [5.74, 6) is 0.0832. The van der Waals surface area contributed by atoms with E-state index in [1.165, 1.54) is 0 Å². The molecule has 1 heterocycles. The Labute approximate surface area is 72.7 Å². The maximum Gasteiger partial charge on any atom is 0.191 e. The summed E-state index contributed by atoms with van der Waals surface area (Å²) in [7, 11) is 0. The number of carbonyl (C=O) groups is 1. The molecule has 0 spiro atoms. The molecule has 0 aliphatic carbocycles. The van der Waals surface area contributed by atoms with Crippen LogP contribution in [0.5, 0.6) is 0 Å². The van der Waals surface area contributed by atoms with E-state index in [9.17, 15) is 4.79 Å². The number of allylic oxidation sites excluding steroid dienone is 2. The molecule has 0 unspecified atom stereocenters. The smallest absolute Gasteiger partial charge is 0.191 e. The van der Waals surface area contributed by atoms with Gasteiger partial charge in [0.25, 0.3) is 0 Å². The van der Waals surface area contributed by atoms with Crippen molar-refractivity contribution in [3.05, 3.63) is 24.3 Å². The number of aliphatic imine (C=N–C) groups is 1. The molecule has 0 aromatic heterocycles. The minimum Gasteiger partial charge on any atom is -0.291 e. The van der Waals surface area contributed by atoms with Crippen molar-refractivity contribution >= 4 is 11.5 Å². The number of ketones is 1. The van der Waals surface area contributed by atoms with E-state index in [0.29, 0.717) is 11.3 Å². The molecule has 0 aromatic rings. The summed E-state index contributed by atoms with van der Waals surface area (Å²) in [5, 5.41) is 0. The van der Waals surface area contributed by atoms with Crippen LogP contribution in [0.2, 0.25) is 0 Å². The maximum atomic E-state index is 11.6. The molecule has 0 amide bonds. The summed E-state index contributed by atoms with van der Waals surface area (Å²) in [6.07, 6.45) is 3.42. The van der Waals surface area contributed by atoms with Crippen molar-refractivity contribution in [2.24, 2.45) is 4.99 Å². The second-order valence-electron chi connectivity index (χ2n) is 3.29. The van der Waals surface area contributed by atoms with Crippen LogP contribution in [0.25, 0.3) is 0 Å². The minimum atomic E-state index is -0.592. The molecule has 2 heteroatoms. The Balaban J connectivity index is 3.20. The zero-order valence-corrected chi connectivity index (χ0v) is 7.72. The van der Waals surface area contributed by atoms with Crippen LogP contribution in [0.15, 0.2) is 29.3 Å². The van der Waals surface area contributed by atoms with Crippen molar-refractivity contribution in [3.63, 3.8) is 0 Å². The summed E-state index contributed by atoms with van der Waals surface area (Å²) in [4.78, 5) is 15.8. The lowest BCUT2D eigenvalue weighted by Gasteiger charge is -2.09.